The zero-order valence-electron chi connectivity index (χ0n) is 5.64. The molecule has 0 saturated heterocycles. The highest BCUT2D eigenvalue weighted by molar-refractivity contribution is 5.74. The molecule has 0 unspecified atom stereocenters. The molecule has 0 spiro atoms. The largest absolute Gasteiger partial charge is 0.275 e. The van der Waals surface area contributed by atoms with Crippen molar-refractivity contribution < 1.29 is 4.79 Å². The zero-order chi connectivity index (χ0) is 7.68. The van der Waals surface area contributed by atoms with Gasteiger partial charge in [0.25, 0.3) is 6.41 Å². The summed E-state index contributed by atoms with van der Waals surface area (Å²) in [4.78, 5) is 11.2. The maximum atomic E-state index is 10.2. The molecular formula is C7H5N3O. The van der Waals surface area contributed by atoms with Crippen LogP contribution in [0.1, 0.15) is 0 Å². The van der Waals surface area contributed by atoms with E-state index in [0.29, 0.717) is 6.41 Å². The van der Waals surface area contributed by atoms with Gasteiger partial charge in [-0.2, -0.15) is 0 Å². The molecule has 4 nitrogen and oxygen atoms in total. The summed E-state index contributed by atoms with van der Waals surface area (Å²) in [6.07, 6.45) is 0.569. The Hall–Kier alpha value is -1.71. The molecule has 0 aliphatic carbocycles. The quantitative estimate of drug-likeness (QED) is 0.551. The average Bonchev–Trinajstić information content (AvgIpc) is 2.46. The summed E-state index contributed by atoms with van der Waals surface area (Å²) >= 11 is 0. The Balaban J connectivity index is 2.78. The van der Waals surface area contributed by atoms with Gasteiger partial charge < -0.3 is 0 Å². The molecule has 0 N–H and O–H groups in total. The fourth-order valence-corrected chi connectivity index (χ4v) is 0.924. The van der Waals surface area contributed by atoms with Crippen molar-refractivity contribution in [2.24, 2.45) is 0 Å². The second-order valence-electron chi connectivity index (χ2n) is 2.11. The fraction of sp³-hybridized carbons (Fsp3) is 0. The van der Waals surface area contributed by atoms with E-state index in [4.69, 9.17) is 0 Å². The highest BCUT2D eigenvalue weighted by Gasteiger charge is 1.97. The van der Waals surface area contributed by atoms with Crippen LogP contribution in [-0.2, 0) is 4.79 Å². The molecule has 2 rings (SSSR count). The minimum absolute atomic E-state index is 0.569. The Morgan fingerprint density at radius 1 is 1.18 bits per heavy atom. The van der Waals surface area contributed by atoms with Crippen LogP contribution in [0.3, 0.4) is 0 Å². The van der Waals surface area contributed by atoms with Gasteiger partial charge in [-0.3, -0.25) is 4.79 Å². The summed E-state index contributed by atoms with van der Waals surface area (Å²) in [6.45, 7) is 0. The van der Waals surface area contributed by atoms with Crippen LogP contribution in [0, 0.1) is 0 Å². The molecule has 1 heterocycles. The standard InChI is InChI=1S/C7H5N3O/c11-5-10-8-6-3-1-2-4-7(6)9-10/h1-5H. The fourth-order valence-electron chi connectivity index (χ4n) is 0.924. The van der Waals surface area contributed by atoms with Crippen molar-refractivity contribution in [3.8, 4) is 0 Å². The van der Waals surface area contributed by atoms with Crippen molar-refractivity contribution in [3.63, 3.8) is 0 Å². The van der Waals surface area contributed by atoms with Gasteiger partial charge in [-0.15, -0.1) is 15.0 Å². The monoisotopic (exact) mass is 147 g/mol. The van der Waals surface area contributed by atoms with Crippen LogP contribution in [0.4, 0.5) is 0 Å². The summed E-state index contributed by atoms with van der Waals surface area (Å²) in [5, 5.41) is 7.74. The topological polar surface area (TPSA) is 47.8 Å². The number of benzene rings is 1. The highest BCUT2D eigenvalue weighted by atomic mass is 16.1. The van der Waals surface area contributed by atoms with E-state index in [2.05, 4.69) is 10.2 Å². The first-order valence-corrected chi connectivity index (χ1v) is 3.17. The number of hydrogen-bond donors (Lipinski definition) is 0. The summed E-state index contributed by atoms with van der Waals surface area (Å²) in [6, 6.07) is 7.32. The van der Waals surface area contributed by atoms with E-state index in [9.17, 15) is 4.79 Å². The van der Waals surface area contributed by atoms with Gasteiger partial charge in [-0.25, -0.2) is 0 Å². The number of carbonyl (C=O) groups excluding carboxylic acids is 1. The SMILES string of the molecule is O=Cn1nc2ccccc2n1. The molecule has 0 atom stereocenters. The second-order valence-corrected chi connectivity index (χ2v) is 2.11. The molecular weight excluding hydrogens is 142 g/mol. The summed E-state index contributed by atoms with van der Waals surface area (Å²) in [7, 11) is 0. The zero-order valence-corrected chi connectivity index (χ0v) is 5.64. The molecule has 0 saturated carbocycles. The van der Waals surface area contributed by atoms with E-state index in [0.717, 1.165) is 15.8 Å². The number of aromatic nitrogens is 3. The van der Waals surface area contributed by atoms with Crippen molar-refractivity contribution in [2.75, 3.05) is 0 Å². The van der Waals surface area contributed by atoms with E-state index >= 15 is 0 Å². The number of carbonyl (C=O) groups is 1. The third-order valence-electron chi connectivity index (χ3n) is 1.40. The average molecular weight is 147 g/mol. The third kappa shape index (κ3) is 0.881. The van der Waals surface area contributed by atoms with E-state index in [1.165, 1.54) is 0 Å². The Kier molecular flexibility index (Phi) is 1.18. The molecule has 4 heteroatoms. The lowest BCUT2D eigenvalue weighted by Gasteiger charge is -1.78. The number of nitrogens with zero attached hydrogens (tertiary/aromatic N) is 3. The van der Waals surface area contributed by atoms with Crippen LogP contribution in [0.5, 0.6) is 0 Å². The first-order valence-electron chi connectivity index (χ1n) is 3.17. The van der Waals surface area contributed by atoms with Gasteiger partial charge in [0.1, 0.15) is 11.0 Å². The Morgan fingerprint density at radius 2 is 1.73 bits per heavy atom. The molecule has 2 aromatic rings. The normalized spacial score (nSPS) is 10.2. The molecule has 0 amide bonds. The van der Waals surface area contributed by atoms with Crippen molar-refractivity contribution in [3.05, 3.63) is 24.3 Å². The molecule has 0 bridgehead atoms. The molecule has 0 fully saturated rings. The van der Waals surface area contributed by atoms with Gasteiger partial charge >= 0.3 is 0 Å². The van der Waals surface area contributed by atoms with Gasteiger partial charge in [0.15, 0.2) is 0 Å². The van der Waals surface area contributed by atoms with E-state index in [-0.39, 0.29) is 0 Å². The molecule has 1 aromatic carbocycles. The van der Waals surface area contributed by atoms with Gasteiger partial charge in [0.05, 0.1) is 0 Å². The number of rotatable bonds is 1. The van der Waals surface area contributed by atoms with Crippen LogP contribution >= 0.6 is 0 Å². The third-order valence-corrected chi connectivity index (χ3v) is 1.40. The number of hydrogen-bond acceptors (Lipinski definition) is 3. The molecule has 0 radical (unpaired) electrons. The minimum atomic E-state index is 0.569. The summed E-state index contributed by atoms with van der Waals surface area (Å²) in [5.41, 5.74) is 1.47. The Morgan fingerprint density at radius 3 is 2.18 bits per heavy atom. The lowest BCUT2D eigenvalue weighted by Crippen LogP contribution is -1.97. The molecule has 11 heavy (non-hydrogen) atoms. The van der Waals surface area contributed by atoms with Crippen LogP contribution in [0.15, 0.2) is 24.3 Å². The van der Waals surface area contributed by atoms with Crippen LogP contribution < -0.4 is 0 Å². The minimum Gasteiger partial charge on any atom is -0.275 e. The Labute approximate surface area is 62.4 Å². The molecule has 54 valence electrons. The predicted octanol–water partition coefficient (Wildman–Crippen LogP) is 0.470. The van der Waals surface area contributed by atoms with Crippen LogP contribution in [0.25, 0.3) is 11.0 Å². The maximum absolute atomic E-state index is 10.2. The van der Waals surface area contributed by atoms with E-state index in [1.807, 2.05) is 24.3 Å². The number of fused-ring (bicyclic) bond motifs is 1. The first kappa shape index (κ1) is 6.03. The molecule has 0 aliphatic rings. The summed E-state index contributed by atoms with van der Waals surface area (Å²) in [5.74, 6) is 0. The van der Waals surface area contributed by atoms with Crippen LogP contribution in [-0.4, -0.2) is 21.4 Å². The van der Waals surface area contributed by atoms with Crippen LogP contribution in [0.2, 0.25) is 0 Å². The lowest BCUT2D eigenvalue weighted by molar-refractivity contribution is 0.531. The Bertz CT molecular complexity index is 360. The second kappa shape index (κ2) is 2.16. The smallest absolute Gasteiger partial charge is 0.252 e. The van der Waals surface area contributed by atoms with Crippen molar-refractivity contribution in [1.29, 1.82) is 0 Å². The van der Waals surface area contributed by atoms with Crippen molar-refractivity contribution in [1.82, 2.24) is 15.0 Å². The van der Waals surface area contributed by atoms with Crippen molar-refractivity contribution in [2.45, 2.75) is 0 Å². The summed E-state index contributed by atoms with van der Waals surface area (Å²) < 4.78 is 0. The molecule has 1 aromatic heterocycles. The van der Waals surface area contributed by atoms with Gasteiger partial charge in [-0.1, -0.05) is 12.1 Å². The molecule has 0 aliphatic heterocycles. The van der Waals surface area contributed by atoms with Crippen molar-refractivity contribution >= 4 is 17.4 Å². The lowest BCUT2D eigenvalue weighted by atomic mass is 10.3. The van der Waals surface area contributed by atoms with Gasteiger partial charge in [0.2, 0.25) is 0 Å². The predicted molar refractivity (Wildman–Crippen MR) is 39.7 cm³/mol. The highest BCUT2D eigenvalue weighted by Crippen LogP contribution is 2.05. The van der Waals surface area contributed by atoms with Gasteiger partial charge in [-0.05, 0) is 12.1 Å². The van der Waals surface area contributed by atoms with E-state index in [1.54, 1.807) is 0 Å². The first-order chi connectivity index (χ1) is 5.40. The van der Waals surface area contributed by atoms with E-state index < -0.39 is 0 Å². The maximum Gasteiger partial charge on any atom is 0.252 e. The van der Waals surface area contributed by atoms with Gasteiger partial charge in [0, 0.05) is 0 Å².